The smallest absolute Gasteiger partial charge is 0.407 e. The number of fused-ring (bicyclic) bond motifs is 1. The number of nitrogens with one attached hydrogen (secondary N) is 2. The van der Waals surface area contributed by atoms with E-state index in [0.29, 0.717) is 23.2 Å². The Bertz CT molecular complexity index is 1170. The van der Waals surface area contributed by atoms with Gasteiger partial charge in [-0.25, -0.2) is 4.79 Å². The summed E-state index contributed by atoms with van der Waals surface area (Å²) in [7, 11) is 1.27. The van der Waals surface area contributed by atoms with Gasteiger partial charge >= 0.3 is 6.09 Å². The fraction of sp³-hybridized carbons (Fsp3) is 0.292. The van der Waals surface area contributed by atoms with Crippen molar-refractivity contribution in [1.29, 1.82) is 0 Å². The lowest BCUT2D eigenvalue weighted by molar-refractivity contribution is -0.134. The van der Waals surface area contributed by atoms with Crippen molar-refractivity contribution in [2.75, 3.05) is 13.7 Å². The highest BCUT2D eigenvalue weighted by Gasteiger charge is 2.36. The lowest BCUT2D eigenvalue weighted by Gasteiger charge is -2.29. The Balaban J connectivity index is 1.69. The Morgan fingerprint density at radius 1 is 1.16 bits per heavy atom. The van der Waals surface area contributed by atoms with Gasteiger partial charge < -0.3 is 19.9 Å². The Labute approximate surface area is 180 Å². The second-order valence-corrected chi connectivity index (χ2v) is 7.81. The predicted octanol–water partition coefficient (Wildman–Crippen LogP) is 3.60. The minimum absolute atomic E-state index is 0.0703. The van der Waals surface area contributed by atoms with Crippen LogP contribution in [0.5, 0.6) is 0 Å². The van der Waals surface area contributed by atoms with Crippen LogP contribution in [0.2, 0.25) is 0 Å². The molecule has 2 N–H and O–H groups in total. The van der Waals surface area contributed by atoms with Crippen LogP contribution in [0.15, 0.2) is 59.4 Å². The van der Waals surface area contributed by atoms with Crippen LogP contribution in [0, 0.1) is 6.92 Å². The van der Waals surface area contributed by atoms with Gasteiger partial charge in [0.15, 0.2) is 5.43 Å². The number of aromatic nitrogens is 1. The van der Waals surface area contributed by atoms with Gasteiger partial charge in [-0.05, 0) is 37.5 Å². The summed E-state index contributed by atoms with van der Waals surface area (Å²) in [6.45, 7) is 2.49. The van der Waals surface area contributed by atoms with Crippen molar-refractivity contribution < 1.29 is 14.3 Å². The summed E-state index contributed by atoms with van der Waals surface area (Å²) >= 11 is 0. The van der Waals surface area contributed by atoms with E-state index < -0.39 is 12.1 Å². The molecule has 0 radical (unpaired) electrons. The highest BCUT2D eigenvalue weighted by molar-refractivity contribution is 5.87. The van der Waals surface area contributed by atoms with E-state index in [4.69, 9.17) is 4.74 Å². The number of benzene rings is 2. The van der Waals surface area contributed by atoms with Gasteiger partial charge in [0, 0.05) is 29.2 Å². The number of likely N-dealkylation sites (tertiary alicyclic amines) is 1. The van der Waals surface area contributed by atoms with Crippen LogP contribution in [0.25, 0.3) is 10.9 Å². The molecule has 2 amide bonds. The van der Waals surface area contributed by atoms with Crippen molar-refractivity contribution in [3.05, 3.63) is 81.6 Å². The number of aryl methyl sites for hydroxylation is 1. The van der Waals surface area contributed by atoms with Crippen LogP contribution < -0.4 is 10.7 Å². The highest BCUT2D eigenvalue weighted by atomic mass is 16.5. The van der Waals surface area contributed by atoms with E-state index in [1.807, 2.05) is 43.3 Å². The first kappa shape index (κ1) is 20.7. The van der Waals surface area contributed by atoms with Gasteiger partial charge in [-0.2, -0.15) is 0 Å². The normalized spacial score (nSPS) is 16.8. The Hall–Kier alpha value is -3.61. The van der Waals surface area contributed by atoms with Gasteiger partial charge in [0.05, 0.1) is 13.2 Å². The molecule has 160 valence electrons. The van der Waals surface area contributed by atoms with E-state index in [1.54, 1.807) is 23.1 Å². The number of rotatable bonds is 4. The molecular formula is C24H25N3O4. The number of carbonyl (C=O) groups excluding carboxylic acids is 2. The topological polar surface area (TPSA) is 91.5 Å². The third kappa shape index (κ3) is 4.17. The molecule has 0 aliphatic carbocycles. The number of amides is 2. The highest BCUT2D eigenvalue weighted by Crippen LogP contribution is 2.33. The molecule has 0 saturated carbocycles. The van der Waals surface area contributed by atoms with Crippen molar-refractivity contribution in [1.82, 2.24) is 15.2 Å². The molecule has 7 nitrogen and oxygen atoms in total. The molecule has 2 aromatic carbocycles. The molecular weight excluding hydrogens is 394 g/mol. The minimum atomic E-state index is -0.871. The summed E-state index contributed by atoms with van der Waals surface area (Å²) in [6, 6.07) is 15.2. The predicted molar refractivity (Wildman–Crippen MR) is 118 cm³/mol. The fourth-order valence-corrected chi connectivity index (χ4v) is 4.19. The van der Waals surface area contributed by atoms with Crippen molar-refractivity contribution in [2.45, 2.75) is 31.8 Å². The third-order valence-corrected chi connectivity index (χ3v) is 5.73. The Morgan fingerprint density at radius 3 is 2.68 bits per heavy atom. The number of pyridine rings is 1. The van der Waals surface area contributed by atoms with Crippen LogP contribution in [0.4, 0.5) is 4.79 Å². The molecule has 31 heavy (non-hydrogen) atoms. The third-order valence-electron chi connectivity index (χ3n) is 5.73. The van der Waals surface area contributed by atoms with Gasteiger partial charge in [-0.1, -0.05) is 42.0 Å². The molecule has 1 aliphatic heterocycles. The zero-order valence-corrected chi connectivity index (χ0v) is 17.6. The maximum Gasteiger partial charge on any atom is 0.407 e. The quantitative estimate of drug-likeness (QED) is 0.676. The number of H-pyrrole nitrogens is 1. The molecule has 7 heteroatoms. The molecule has 0 bridgehead atoms. The second-order valence-electron chi connectivity index (χ2n) is 7.81. The van der Waals surface area contributed by atoms with Crippen LogP contribution in [0.3, 0.4) is 0 Å². The summed E-state index contributed by atoms with van der Waals surface area (Å²) in [4.78, 5) is 43.3. The molecule has 1 fully saturated rings. The molecule has 1 aromatic heterocycles. The fourth-order valence-electron chi connectivity index (χ4n) is 4.19. The second kappa shape index (κ2) is 8.63. The summed E-state index contributed by atoms with van der Waals surface area (Å²) in [5.74, 6) is -0.232. The van der Waals surface area contributed by atoms with E-state index in [2.05, 4.69) is 10.3 Å². The number of aromatic amines is 1. The number of alkyl carbamates (subject to hydrolysis) is 1. The van der Waals surface area contributed by atoms with Crippen LogP contribution in [-0.4, -0.2) is 35.5 Å². The van der Waals surface area contributed by atoms with E-state index in [-0.39, 0.29) is 17.4 Å². The average Bonchev–Trinajstić information content (AvgIpc) is 3.28. The summed E-state index contributed by atoms with van der Waals surface area (Å²) in [6.07, 6.45) is 0.871. The maximum atomic E-state index is 13.5. The van der Waals surface area contributed by atoms with Gasteiger partial charge in [0.25, 0.3) is 0 Å². The van der Waals surface area contributed by atoms with Gasteiger partial charge in [0.2, 0.25) is 5.91 Å². The first-order valence-corrected chi connectivity index (χ1v) is 10.3. The van der Waals surface area contributed by atoms with Gasteiger partial charge in [-0.15, -0.1) is 0 Å². The molecule has 0 spiro atoms. The lowest BCUT2D eigenvalue weighted by atomic mass is 10.0. The van der Waals surface area contributed by atoms with Gasteiger partial charge in [-0.3, -0.25) is 9.59 Å². The SMILES string of the molecule is COC(=O)N[C@H](C(=O)N1CCC[C@H]1c1cc(=O)c2cc(C)ccc2[nH]1)c1ccccc1. The molecule has 2 atom stereocenters. The zero-order chi connectivity index (χ0) is 22.0. The largest absolute Gasteiger partial charge is 0.453 e. The van der Waals surface area contributed by atoms with Crippen LogP contribution >= 0.6 is 0 Å². The molecule has 4 rings (SSSR count). The van der Waals surface area contributed by atoms with Crippen molar-refractivity contribution in [2.24, 2.45) is 0 Å². The van der Waals surface area contributed by atoms with Crippen molar-refractivity contribution in [3.63, 3.8) is 0 Å². The number of hydrogen-bond acceptors (Lipinski definition) is 4. The number of hydrogen-bond donors (Lipinski definition) is 2. The monoisotopic (exact) mass is 419 g/mol. The Kier molecular flexibility index (Phi) is 5.75. The zero-order valence-electron chi connectivity index (χ0n) is 17.6. The minimum Gasteiger partial charge on any atom is -0.453 e. The van der Waals surface area contributed by atoms with E-state index in [0.717, 1.165) is 23.9 Å². The molecule has 3 aromatic rings. The molecule has 1 aliphatic rings. The van der Waals surface area contributed by atoms with Crippen molar-refractivity contribution >= 4 is 22.9 Å². The first-order valence-electron chi connectivity index (χ1n) is 10.3. The number of carbonyl (C=O) groups is 2. The standard InChI is InChI=1S/C24H25N3O4/c1-15-10-11-18-17(13-15)21(28)14-19(25-18)20-9-6-12-27(20)23(29)22(26-24(30)31-2)16-7-4-3-5-8-16/h3-5,7-8,10-11,13-14,20,22H,6,9,12H2,1-2H3,(H,25,28)(H,26,30)/t20-,22-/m0/s1. The number of methoxy groups -OCH3 is 1. The van der Waals surface area contributed by atoms with Crippen molar-refractivity contribution in [3.8, 4) is 0 Å². The first-order chi connectivity index (χ1) is 15.0. The molecule has 1 saturated heterocycles. The average molecular weight is 419 g/mol. The molecule has 2 heterocycles. The van der Waals surface area contributed by atoms with Crippen LogP contribution in [-0.2, 0) is 9.53 Å². The number of nitrogens with zero attached hydrogens (tertiary/aromatic N) is 1. The van der Waals surface area contributed by atoms with E-state index in [9.17, 15) is 14.4 Å². The van der Waals surface area contributed by atoms with E-state index in [1.165, 1.54) is 7.11 Å². The van der Waals surface area contributed by atoms with Crippen LogP contribution in [0.1, 0.15) is 41.7 Å². The Morgan fingerprint density at radius 2 is 1.94 bits per heavy atom. The van der Waals surface area contributed by atoms with E-state index >= 15 is 0 Å². The summed E-state index contributed by atoms with van der Waals surface area (Å²) < 4.78 is 4.73. The summed E-state index contributed by atoms with van der Waals surface area (Å²) in [5.41, 5.74) is 3.07. The maximum absolute atomic E-state index is 13.5. The molecule has 0 unspecified atom stereocenters. The lowest BCUT2D eigenvalue weighted by Crippen LogP contribution is -2.43. The number of ether oxygens (including phenoxy) is 1. The van der Waals surface area contributed by atoms with Gasteiger partial charge in [0.1, 0.15) is 6.04 Å². The summed E-state index contributed by atoms with van der Waals surface area (Å²) in [5, 5.41) is 3.29.